The number of nitrogens with two attached hydrogens (primary N) is 1. The van der Waals surface area contributed by atoms with Gasteiger partial charge in [-0.1, -0.05) is 20.8 Å². The Morgan fingerprint density at radius 1 is 1.30 bits per heavy atom. The molecule has 1 saturated heterocycles. The van der Waals surface area contributed by atoms with E-state index in [4.69, 9.17) is 5.73 Å². The third-order valence-corrected chi connectivity index (χ3v) is 6.03. The molecule has 0 unspecified atom stereocenters. The van der Waals surface area contributed by atoms with Crippen LogP contribution in [0.5, 0.6) is 0 Å². The highest BCUT2D eigenvalue weighted by molar-refractivity contribution is 7.89. The largest absolute Gasteiger partial charge is 0.381 e. The fraction of sp³-hybridized carbons (Fsp3) is 0.769. The van der Waals surface area contributed by atoms with Crippen molar-refractivity contribution in [1.82, 2.24) is 14.1 Å². The SMILES string of the molecule is Cn1cc(S(=O)(=O)N2CCC(C(C)(C)C)CC2)c(N)n1. The number of sulfonamides is 1. The molecular formula is C13H24N4O2S. The molecule has 1 fully saturated rings. The number of nitrogens with zero attached hydrogens (tertiary/aromatic N) is 3. The van der Waals surface area contributed by atoms with Crippen LogP contribution in [0.1, 0.15) is 33.6 Å². The van der Waals surface area contributed by atoms with E-state index in [0.29, 0.717) is 19.0 Å². The van der Waals surface area contributed by atoms with Crippen LogP contribution in [-0.2, 0) is 17.1 Å². The van der Waals surface area contributed by atoms with Gasteiger partial charge < -0.3 is 5.73 Å². The summed E-state index contributed by atoms with van der Waals surface area (Å²) in [6, 6.07) is 0. The van der Waals surface area contributed by atoms with Gasteiger partial charge in [0.05, 0.1) is 0 Å². The summed E-state index contributed by atoms with van der Waals surface area (Å²) < 4.78 is 28.1. The van der Waals surface area contributed by atoms with Gasteiger partial charge in [-0.05, 0) is 24.2 Å². The topological polar surface area (TPSA) is 81.2 Å². The van der Waals surface area contributed by atoms with E-state index in [0.717, 1.165) is 12.8 Å². The van der Waals surface area contributed by atoms with Crippen molar-refractivity contribution in [2.75, 3.05) is 18.8 Å². The van der Waals surface area contributed by atoms with Crippen LogP contribution in [0.15, 0.2) is 11.1 Å². The molecular weight excluding hydrogens is 276 g/mol. The van der Waals surface area contributed by atoms with E-state index >= 15 is 0 Å². The van der Waals surface area contributed by atoms with Crippen LogP contribution in [0, 0.1) is 11.3 Å². The molecule has 114 valence electrons. The number of piperidine rings is 1. The minimum atomic E-state index is -3.52. The summed E-state index contributed by atoms with van der Waals surface area (Å²) in [4.78, 5) is 0.120. The maximum atomic E-state index is 12.6. The first-order chi connectivity index (χ1) is 9.12. The van der Waals surface area contributed by atoms with Gasteiger partial charge >= 0.3 is 0 Å². The lowest BCUT2D eigenvalue weighted by Crippen LogP contribution is -2.41. The van der Waals surface area contributed by atoms with E-state index < -0.39 is 10.0 Å². The number of hydrogen-bond acceptors (Lipinski definition) is 4. The molecule has 0 spiro atoms. The van der Waals surface area contributed by atoms with Crippen LogP contribution >= 0.6 is 0 Å². The van der Waals surface area contributed by atoms with Crippen LogP contribution in [0.2, 0.25) is 0 Å². The Morgan fingerprint density at radius 3 is 2.25 bits per heavy atom. The van der Waals surface area contributed by atoms with Crippen LogP contribution in [0.4, 0.5) is 5.82 Å². The molecule has 1 aromatic heterocycles. The molecule has 0 atom stereocenters. The standard InChI is InChI=1S/C13H24N4O2S/c1-13(2,3)10-5-7-17(8-6-10)20(18,19)11-9-16(4)15-12(11)14/h9-10H,5-8H2,1-4H3,(H2,14,15). The highest BCUT2D eigenvalue weighted by Crippen LogP contribution is 2.36. The Hall–Kier alpha value is -1.08. The summed E-state index contributed by atoms with van der Waals surface area (Å²) in [6.07, 6.45) is 3.26. The second-order valence-corrected chi connectivity index (χ2v) is 8.50. The first-order valence-electron chi connectivity index (χ1n) is 6.91. The smallest absolute Gasteiger partial charge is 0.248 e. The van der Waals surface area contributed by atoms with Crippen molar-refractivity contribution in [3.8, 4) is 0 Å². The van der Waals surface area contributed by atoms with Gasteiger partial charge in [-0.2, -0.15) is 9.40 Å². The zero-order valence-electron chi connectivity index (χ0n) is 12.6. The first kappa shape index (κ1) is 15.3. The lowest BCUT2D eigenvalue weighted by atomic mass is 9.76. The number of anilines is 1. The molecule has 0 bridgehead atoms. The highest BCUT2D eigenvalue weighted by atomic mass is 32.2. The molecule has 0 aromatic carbocycles. The summed E-state index contributed by atoms with van der Waals surface area (Å²) in [5.41, 5.74) is 5.92. The van der Waals surface area contributed by atoms with Crippen molar-refractivity contribution in [2.45, 2.75) is 38.5 Å². The fourth-order valence-electron chi connectivity index (χ4n) is 2.78. The lowest BCUT2D eigenvalue weighted by molar-refractivity contribution is 0.154. The zero-order chi connectivity index (χ0) is 15.1. The monoisotopic (exact) mass is 300 g/mol. The van der Waals surface area contributed by atoms with Gasteiger partial charge in [0.2, 0.25) is 10.0 Å². The number of aromatic nitrogens is 2. The summed E-state index contributed by atoms with van der Waals surface area (Å²) in [6.45, 7) is 7.74. The molecule has 0 aliphatic carbocycles. The molecule has 2 heterocycles. The number of rotatable bonds is 2. The zero-order valence-corrected chi connectivity index (χ0v) is 13.4. The van der Waals surface area contributed by atoms with Crippen molar-refractivity contribution < 1.29 is 8.42 Å². The molecule has 1 aliphatic heterocycles. The van der Waals surface area contributed by atoms with Gasteiger partial charge in [0.25, 0.3) is 0 Å². The molecule has 2 N–H and O–H groups in total. The maximum absolute atomic E-state index is 12.6. The Morgan fingerprint density at radius 2 is 1.85 bits per heavy atom. The van der Waals surface area contributed by atoms with Gasteiger partial charge in [0.1, 0.15) is 4.90 Å². The molecule has 20 heavy (non-hydrogen) atoms. The van der Waals surface area contributed by atoms with Crippen molar-refractivity contribution in [3.05, 3.63) is 6.20 Å². The Kier molecular flexibility index (Phi) is 3.85. The molecule has 0 saturated carbocycles. The minimum Gasteiger partial charge on any atom is -0.381 e. The van der Waals surface area contributed by atoms with E-state index in [1.54, 1.807) is 7.05 Å². The predicted molar refractivity (Wildman–Crippen MR) is 78.6 cm³/mol. The first-order valence-corrected chi connectivity index (χ1v) is 8.35. The van der Waals surface area contributed by atoms with Gasteiger partial charge in [-0.25, -0.2) is 8.42 Å². The van der Waals surface area contributed by atoms with Crippen molar-refractivity contribution in [2.24, 2.45) is 18.4 Å². The molecule has 7 heteroatoms. The summed E-state index contributed by atoms with van der Waals surface area (Å²) >= 11 is 0. The Balaban J connectivity index is 2.16. The summed E-state index contributed by atoms with van der Waals surface area (Å²) in [5.74, 6) is 0.630. The van der Waals surface area contributed by atoms with E-state index in [2.05, 4.69) is 25.9 Å². The van der Waals surface area contributed by atoms with Gasteiger partial charge in [-0.15, -0.1) is 0 Å². The molecule has 2 rings (SSSR count). The number of aryl methyl sites for hydroxylation is 1. The third-order valence-electron chi connectivity index (χ3n) is 4.12. The van der Waals surface area contributed by atoms with Gasteiger partial charge in [0, 0.05) is 26.3 Å². The lowest BCUT2D eigenvalue weighted by Gasteiger charge is -2.38. The second-order valence-electron chi connectivity index (χ2n) is 6.60. The number of hydrogen-bond donors (Lipinski definition) is 1. The average Bonchev–Trinajstić information content (AvgIpc) is 2.68. The van der Waals surface area contributed by atoms with Crippen molar-refractivity contribution in [1.29, 1.82) is 0 Å². The normalized spacial score (nSPS) is 19.4. The summed E-state index contributed by atoms with van der Waals surface area (Å²) in [7, 11) is -1.85. The maximum Gasteiger partial charge on any atom is 0.248 e. The summed E-state index contributed by atoms with van der Waals surface area (Å²) in [5, 5.41) is 3.92. The van der Waals surface area contributed by atoms with Crippen molar-refractivity contribution in [3.63, 3.8) is 0 Å². The van der Waals surface area contributed by atoms with Gasteiger partial charge in [-0.3, -0.25) is 4.68 Å². The minimum absolute atomic E-state index is 0.0745. The Labute approximate surface area is 121 Å². The predicted octanol–water partition coefficient (Wildman–Crippen LogP) is 1.45. The van der Waals surface area contributed by atoms with E-state index in [-0.39, 0.29) is 16.1 Å². The van der Waals surface area contributed by atoms with Crippen LogP contribution < -0.4 is 5.73 Å². The van der Waals surface area contributed by atoms with E-state index in [1.165, 1.54) is 15.2 Å². The molecule has 6 nitrogen and oxygen atoms in total. The average molecular weight is 300 g/mol. The van der Waals surface area contributed by atoms with Crippen LogP contribution in [0.3, 0.4) is 0 Å². The third kappa shape index (κ3) is 2.83. The number of nitrogen functional groups attached to an aromatic ring is 1. The fourth-order valence-corrected chi connectivity index (χ4v) is 4.34. The van der Waals surface area contributed by atoms with Crippen molar-refractivity contribution >= 4 is 15.8 Å². The van der Waals surface area contributed by atoms with Gasteiger partial charge in [0.15, 0.2) is 5.82 Å². The molecule has 0 amide bonds. The molecule has 1 aromatic rings. The Bertz CT molecular complexity index is 578. The quantitative estimate of drug-likeness (QED) is 0.896. The second kappa shape index (κ2) is 5.04. The van der Waals surface area contributed by atoms with Crippen LogP contribution in [-0.4, -0.2) is 35.6 Å². The molecule has 0 radical (unpaired) electrons. The van der Waals surface area contributed by atoms with E-state index in [1.807, 2.05) is 0 Å². The highest BCUT2D eigenvalue weighted by Gasteiger charge is 2.35. The van der Waals surface area contributed by atoms with Crippen LogP contribution in [0.25, 0.3) is 0 Å². The molecule has 1 aliphatic rings. The van der Waals surface area contributed by atoms with E-state index in [9.17, 15) is 8.42 Å².